The molecule has 0 bridgehead atoms. The fourth-order valence-electron chi connectivity index (χ4n) is 3.99. The van der Waals surface area contributed by atoms with Gasteiger partial charge in [-0.3, -0.25) is 4.98 Å². The molecule has 0 radical (unpaired) electrons. The first-order valence-corrected chi connectivity index (χ1v) is 11.3. The van der Waals surface area contributed by atoms with E-state index in [0.717, 1.165) is 47.2 Å². The third kappa shape index (κ3) is 5.53. The molecule has 0 atom stereocenters. The number of aromatic nitrogens is 1. The zero-order valence-electron chi connectivity index (χ0n) is 18.9. The van der Waals surface area contributed by atoms with Crippen molar-refractivity contribution >= 4 is 10.8 Å². The third-order valence-corrected chi connectivity index (χ3v) is 5.95. The van der Waals surface area contributed by atoms with E-state index in [1.807, 2.05) is 43.5 Å². The molecule has 0 aliphatic carbocycles. The van der Waals surface area contributed by atoms with E-state index in [0.29, 0.717) is 23.8 Å². The first-order chi connectivity index (χ1) is 16.3. The molecule has 0 aliphatic heterocycles. The van der Waals surface area contributed by atoms with Crippen molar-refractivity contribution in [2.75, 3.05) is 0 Å². The summed E-state index contributed by atoms with van der Waals surface area (Å²) in [5.41, 5.74) is 3.54. The van der Waals surface area contributed by atoms with Crippen molar-refractivity contribution in [3.05, 3.63) is 113 Å². The predicted molar refractivity (Wildman–Crippen MR) is 129 cm³/mol. The van der Waals surface area contributed by atoms with Crippen LogP contribution in [0.2, 0.25) is 0 Å². The van der Waals surface area contributed by atoms with Crippen LogP contribution in [-0.2, 0) is 25.4 Å². The van der Waals surface area contributed by atoms with Crippen LogP contribution in [0.4, 0.5) is 17.6 Å². The van der Waals surface area contributed by atoms with Crippen LogP contribution in [0, 0.1) is 5.82 Å². The van der Waals surface area contributed by atoms with Gasteiger partial charge in [0.25, 0.3) is 0 Å². The maximum absolute atomic E-state index is 15.2. The standard InChI is InChI=1S/C29H25F4N/c1-2-3-4-5-21-9-17-27(34-19-21)24-13-16-26-23(18-24)12-11-22(28(26)30)10-6-20-7-14-25(15-8-20)29(31,32)33/h2-3,7-9,11-19H,4-6,10H2,1H3/b3-2+. The fourth-order valence-corrected chi connectivity index (χ4v) is 3.99. The topological polar surface area (TPSA) is 12.9 Å². The lowest BCUT2D eigenvalue weighted by Gasteiger charge is -2.10. The average molecular weight is 464 g/mol. The smallest absolute Gasteiger partial charge is 0.256 e. The summed E-state index contributed by atoms with van der Waals surface area (Å²) >= 11 is 0. The van der Waals surface area contributed by atoms with E-state index >= 15 is 4.39 Å². The molecule has 0 amide bonds. The van der Waals surface area contributed by atoms with Crippen molar-refractivity contribution in [1.29, 1.82) is 0 Å². The van der Waals surface area contributed by atoms with Crippen molar-refractivity contribution in [3.63, 3.8) is 0 Å². The lowest BCUT2D eigenvalue weighted by atomic mass is 9.98. The highest BCUT2D eigenvalue weighted by Gasteiger charge is 2.29. The van der Waals surface area contributed by atoms with Crippen LogP contribution in [0.15, 0.2) is 85.1 Å². The Labute approximate surface area is 196 Å². The summed E-state index contributed by atoms with van der Waals surface area (Å²) in [6.45, 7) is 2.01. The lowest BCUT2D eigenvalue weighted by Crippen LogP contribution is -2.04. The number of aryl methyl sites for hydroxylation is 3. The molecule has 0 saturated heterocycles. The molecule has 5 heteroatoms. The molecule has 3 aromatic carbocycles. The van der Waals surface area contributed by atoms with Gasteiger partial charge in [-0.05, 0) is 78.9 Å². The summed E-state index contributed by atoms with van der Waals surface area (Å²) in [5.74, 6) is -0.289. The van der Waals surface area contributed by atoms with Gasteiger partial charge in [0.15, 0.2) is 0 Å². The van der Waals surface area contributed by atoms with Crippen molar-refractivity contribution < 1.29 is 17.6 Å². The van der Waals surface area contributed by atoms with E-state index in [2.05, 4.69) is 17.1 Å². The van der Waals surface area contributed by atoms with Gasteiger partial charge in [-0.2, -0.15) is 13.2 Å². The van der Waals surface area contributed by atoms with Gasteiger partial charge in [0.05, 0.1) is 11.3 Å². The quantitative estimate of drug-likeness (QED) is 0.198. The molecule has 4 rings (SSSR count). The largest absolute Gasteiger partial charge is 0.416 e. The summed E-state index contributed by atoms with van der Waals surface area (Å²) < 4.78 is 53.3. The molecule has 174 valence electrons. The van der Waals surface area contributed by atoms with Crippen molar-refractivity contribution in [3.8, 4) is 11.3 Å². The second kappa shape index (κ2) is 10.2. The SMILES string of the molecule is C/C=C/CCc1ccc(-c2ccc3c(F)c(CCc4ccc(C(F)(F)F)cc4)ccc3c2)nc1. The second-order valence-electron chi connectivity index (χ2n) is 8.33. The summed E-state index contributed by atoms with van der Waals surface area (Å²) in [6, 6.07) is 18.3. The fraction of sp³-hybridized carbons (Fsp3) is 0.207. The zero-order chi connectivity index (χ0) is 24.1. The minimum atomic E-state index is -4.36. The van der Waals surface area contributed by atoms with Gasteiger partial charge in [-0.25, -0.2) is 4.39 Å². The molecule has 4 aromatic rings. The molecule has 0 saturated carbocycles. The normalized spacial score (nSPS) is 12.0. The van der Waals surface area contributed by atoms with Gasteiger partial charge in [-0.1, -0.05) is 54.6 Å². The molecule has 0 aliphatic rings. The number of benzene rings is 3. The van der Waals surface area contributed by atoms with Gasteiger partial charge in [0.1, 0.15) is 5.82 Å². The van der Waals surface area contributed by atoms with E-state index in [4.69, 9.17) is 0 Å². The number of rotatable bonds is 7. The number of alkyl halides is 3. The Morgan fingerprint density at radius 2 is 1.59 bits per heavy atom. The maximum atomic E-state index is 15.2. The van der Waals surface area contributed by atoms with E-state index in [-0.39, 0.29) is 5.82 Å². The average Bonchev–Trinajstić information content (AvgIpc) is 2.84. The first kappa shape index (κ1) is 23.7. The highest BCUT2D eigenvalue weighted by Crippen LogP contribution is 2.30. The third-order valence-electron chi connectivity index (χ3n) is 5.95. The number of allylic oxidation sites excluding steroid dienone is 2. The molecular weight excluding hydrogens is 438 g/mol. The van der Waals surface area contributed by atoms with Crippen LogP contribution in [0.25, 0.3) is 22.0 Å². The molecular formula is C29H25F4N. The van der Waals surface area contributed by atoms with Gasteiger partial charge in [0.2, 0.25) is 0 Å². The highest BCUT2D eigenvalue weighted by molar-refractivity contribution is 5.88. The lowest BCUT2D eigenvalue weighted by molar-refractivity contribution is -0.137. The van der Waals surface area contributed by atoms with Crippen LogP contribution in [0.5, 0.6) is 0 Å². The van der Waals surface area contributed by atoms with Gasteiger partial charge < -0.3 is 0 Å². The number of hydrogen-bond donors (Lipinski definition) is 0. The van der Waals surface area contributed by atoms with Crippen molar-refractivity contribution in [2.24, 2.45) is 0 Å². The highest BCUT2D eigenvalue weighted by atomic mass is 19.4. The monoisotopic (exact) mass is 463 g/mol. The minimum Gasteiger partial charge on any atom is -0.256 e. The van der Waals surface area contributed by atoms with E-state index < -0.39 is 11.7 Å². The Morgan fingerprint density at radius 1 is 0.824 bits per heavy atom. The molecule has 1 heterocycles. The van der Waals surface area contributed by atoms with Crippen LogP contribution < -0.4 is 0 Å². The van der Waals surface area contributed by atoms with E-state index in [1.54, 1.807) is 12.1 Å². The number of hydrogen-bond acceptors (Lipinski definition) is 1. The summed E-state index contributed by atoms with van der Waals surface area (Å²) in [6.07, 6.45) is 4.48. The van der Waals surface area contributed by atoms with E-state index in [9.17, 15) is 13.2 Å². The number of nitrogens with zero attached hydrogens (tertiary/aromatic N) is 1. The Bertz CT molecular complexity index is 1290. The molecule has 1 nitrogen and oxygen atoms in total. The Morgan fingerprint density at radius 3 is 2.26 bits per heavy atom. The summed E-state index contributed by atoms with van der Waals surface area (Å²) in [4.78, 5) is 4.57. The van der Waals surface area contributed by atoms with Gasteiger partial charge in [0, 0.05) is 17.1 Å². The maximum Gasteiger partial charge on any atom is 0.416 e. The Kier molecular flexibility index (Phi) is 7.11. The van der Waals surface area contributed by atoms with E-state index in [1.165, 1.54) is 17.7 Å². The van der Waals surface area contributed by atoms with Crippen LogP contribution >= 0.6 is 0 Å². The minimum absolute atomic E-state index is 0.289. The number of fused-ring (bicyclic) bond motifs is 1. The summed E-state index contributed by atoms with van der Waals surface area (Å²) in [5, 5.41) is 1.31. The molecule has 0 fully saturated rings. The Balaban J connectivity index is 1.48. The summed E-state index contributed by atoms with van der Waals surface area (Å²) in [7, 11) is 0. The molecule has 0 spiro atoms. The first-order valence-electron chi connectivity index (χ1n) is 11.3. The van der Waals surface area contributed by atoms with Crippen molar-refractivity contribution in [2.45, 2.75) is 38.8 Å². The Hall–Kier alpha value is -3.47. The number of pyridine rings is 1. The van der Waals surface area contributed by atoms with Crippen molar-refractivity contribution in [1.82, 2.24) is 4.98 Å². The van der Waals surface area contributed by atoms with Crippen LogP contribution in [0.1, 0.15) is 35.6 Å². The molecule has 0 unspecified atom stereocenters. The van der Waals surface area contributed by atoms with Crippen LogP contribution in [0.3, 0.4) is 0 Å². The van der Waals surface area contributed by atoms with Gasteiger partial charge in [-0.15, -0.1) is 0 Å². The molecule has 1 aromatic heterocycles. The molecule has 34 heavy (non-hydrogen) atoms. The predicted octanol–water partition coefficient (Wildman–Crippen LogP) is 8.35. The molecule has 0 N–H and O–H groups in total. The zero-order valence-corrected chi connectivity index (χ0v) is 18.9. The number of halogens is 4. The van der Waals surface area contributed by atoms with Gasteiger partial charge >= 0.3 is 6.18 Å². The van der Waals surface area contributed by atoms with Crippen LogP contribution in [-0.4, -0.2) is 4.98 Å². The second-order valence-corrected chi connectivity index (χ2v) is 8.33.